The van der Waals surface area contributed by atoms with Crippen LogP contribution in [-0.4, -0.2) is 29.2 Å². The lowest BCUT2D eigenvalue weighted by Gasteiger charge is -2.00. The van der Waals surface area contributed by atoms with E-state index in [0.717, 1.165) is 39.0 Å². The number of hydrogen-bond donors (Lipinski definition) is 2. The van der Waals surface area contributed by atoms with Crippen molar-refractivity contribution in [2.45, 2.75) is 0 Å². The van der Waals surface area contributed by atoms with Gasteiger partial charge < -0.3 is 10.1 Å². The Morgan fingerprint density at radius 3 is 2.56 bits per heavy atom. The highest BCUT2D eigenvalue weighted by molar-refractivity contribution is 6.34. The number of rotatable bonds is 4. The molecule has 32 heavy (non-hydrogen) atoms. The normalized spacial score (nSPS) is 14.2. The predicted octanol–water partition coefficient (Wildman–Crippen LogP) is 5.01. The molecule has 0 saturated carbocycles. The van der Waals surface area contributed by atoms with Crippen molar-refractivity contribution < 1.29 is 14.3 Å². The van der Waals surface area contributed by atoms with E-state index < -0.39 is 0 Å². The summed E-state index contributed by atoms with van der Waals surface area (Å²) in [6.45, 7) is 0. The van der Waals surface area contributed by atoms with E-state index >= 15 is 0 Å². The molecule has 0 unspecified atom stereocenters. The lowest BCUT2D eigenvalue weighted by atomic mass is 10.0. The van der Waals surface area contributed by atoms with Gasteiger partial charge in [0.05, 0.1) is 23.9 Å². The number of hydrogen-bond acceptors (Lipinski definition) is 4. The van der Waals surface area contributed by atoms with Crippen LogP contribution < -0.4 is 5.32 Å². The minimum absolute atomic E-state index is 0.0993. The molecule has 2 heterocycles. The van der Waals surface area contributed by atoms with Gasteiger partial charge in [-0.2, -0.15) is 5.10 Å². The number of ether oxygens (including phenoxy) is 1. The highest BCUT2D eigenvalue weighted by Gasteiger charge is 2.23. The number of nitrogens with one attached hydrogen (secondary N) is 2. The molecule has 1 aliphatic rings. The molecule has 0 aliphatic carbocycles. The van der Waals surface area contributed by atoms with Crippen LogP contribution in [0.2, 0.25) is 0 Å². The van der Waals surface area contributed by atoms with Crippen molar-refractivity contribution in [2.75, 3.05) is 12.4 Å². The second-order valence-corrected chi connectivity index (χ2v) is 7.42. The average Bonchev–Trinajstić information content (AvgIpc) is 3.37. The minimum Gasteiger partial charge on any atom is -0.465 e. The van der Waals surface area contributed by atoms with Crippen LogP contribution in [0, 0.1) is 0 Å². The maximum Gasteiger partial charge on any atom is 0.337 e. The van der Waals surface area contributed by atoms with E-state index in [1.807, 2.05) is 72.8 Å². The molecule has 5 rings (SSSR count). The summed E-state index contributed by atoms with van der Waals surface area (Å²) in [6, 6.07) is 20.8. The fourth-order valence-corrected chi connectivity index (χ4v) is 3.75. The molecule has 156 valence electrons. The highest BCUT2D eigenvalue weighted by Crippen LogP contribution is 2.33. The van der Waals surface area contributed by atoms with E-state index in [0.29, 0.717) is 11.1 Å². The fraction of sp³-hybridized carbons (Fsp3) is 0.0385. The van der Waals surface area contributed by atoms with Crippen LogP contribution in [0.4, 0.5) is 5.69 Å². The average molecular weight is 421 g/mol. The molecule has 0 radical (unpaired) electrons. The zero-order valence-electron chi connectivity index (χ0n) is 17.3. The summed E-state index contributed by atoms with van der Waals surface area (Å²) in [5, 5.41) is 11.3. The number of anilines is 1. The molecule has 0 saturated heterocycles. The summed E-state index contributed by atoms with van der Waals surface area (Å²) in [6.07, 6.45) is 5.75. The van der Waals surface area contributed by atoms with E-state index in [4.69, 9.17) is 4.74 Å². The molecule has 1 aliphatic heterocycles. The summed E-state index contributed by atoms with van der Waals surface area (Å²) in [5.41, 5.74) is 6.44. The van der Waals surface area contributed by atoms with Crippen molar-refractivity contribution in [3.8, 4) is 0 Å². The summed E-state index contributed by atoms with van der Waals surface area (Å²) in [7, 11) is 1.36. The number of fused-ring (bicyclic) bond motifs is 2. The summed E-state index contributed by atoms with van der Waals surface area (Å²) < 4.78 is 4.72. The minimum atomic E-state index is -0.358. The molecule has 6 nitrogen and oxygen atoms in total. The number of para-hydroxylation sites is 1. The Morgan fingerprint density at radius 1 is 0.969 bits per heavy atom. The number of H-pyrrole nitrogens is 1. The Morgan fingerprint density at radius 2 is 1.75 bits per heavy atom. The van der Waals surface area contributed by atoms with E-state index in [1.165, 1.54) is 7.11 Å². The Hall–Kier alpha value is -4.45. The summed E-state index contributed by atoms with van der Waals surface area (Å²) >= 11 is 0. The van der Waals surface area contributed by atoms with Gasteiger partial charge in [-0.15, -0.1) is 0 Å². The monoisotopic (exact) mass is 421 g/mol. The van der Waals surface area contributed by atoms with Gasteiger partial charge in [0.15, 0.2) is 0 Å². The maximum absolute atomic E-state index is 12.4. The first-order valence-corrected chi connectivity index (χ1v) is 10.1. The first kappa shape index (κ1) is 19.5. The molecule has 0 bridgehead atoms. The standard InChI is InChI=1S/C26H19N3O3/c1-32-26(31)18-10-6-16(7-11-18)9-13-23-20-12-8-17(15-24(20)29-28-23)14-21-19-4-2-3-5-22(19)27-25(21)30/h2-15H,1H3,(H,27,30)(H,28,29). The van der Waals surface area contributed by atoms with Gasteiger partial charge in [0.2, 0.25) is 0 Å². The van der Waals surface area contributed by atoms with Crippen molar-refractivity contribution in [2.24, 2.45) is 0 Å². The zero-order valence-corrected chi connectivity index (χ0v) is 17.3. The summed E-state index contributed by atoms with van der Waals surface area (Å²) in [5.74, 6) is -0.457. The van der Waals surface area contributed by atoms with Crippen LogP contribution in [0.15, 0.2) is 66.7 Å². The number of aromatic amines is 1. The van der Waals surface area contributed by atoms with Crippen molar-refractivity contribution in [3.63, 3.8) is 0 Å². The third-order valence-corrected chi connectivity index (χ3v) is 5.40. The topological polar surface area (TPSA) is 84.1 Å². The van der Waals surface area contributed by atoms with Crippen LogP contribution in [0.25, 0.3) is 34.7 Å². The molecule has 1 amide bonds. The van der Waals surface area contributed by atoms with Crippen molar-refractivity contribution in [1.29, 1.82) is 0 Å². The van der Waals surface area contributed by atoms with Crippen LogP contribution in [0.3, 0.4) is 0 Å². The largest absolute Gasteiger partial charge is 0.465 e. The first-order valence-electron chi connectivity index (χ1n) is 10.1. The van der Waals surface area contributed by atoms with Crippen LogP contribution in [0.5, 0.6) is 0 Å². The Labute approximate surface area is 184 Å². The molecule has 2 N–H and O–H groups in total. The summed E-state index contributed by atoms with van der Waals surface area (Å²) in [4.78, 5) is 23.9. The van der Waals surface area contributed by atoms with Crippen LogP contribution >= 0.6 is 0 Å². The van der Waals surface area contributed by atoms with Gasteiger partial charge in [0, 0.05) is 22.2 Å². The van der Waals surface area contributed by atoms with Gasteiger partial charge in [0.25, 0.3) is 5.91 Å². The SMILES string of the molecule is COC(=O)c1ccc(C=Cc2n[nH]c3cc(C=C4C(=O)Nc5ccccc54)ccc23)cc1. The number of aromatic nitrogens is 2. The van der Waals surface area contributed by atoms with E-state index in [2.05, 4.69) is 15.5 Å². The molecular formula is C26H19N3O3. The quantitative estimate of drug-likeness (QED) is 0.358. The Bertz CT molecular complexity index is 1410. The van der Waals surface area contributed by atoms with Crippen molar-refractivity contribution in [1.82, 2.24) is 10.2 Å². The number of nitrogens with zero attached hydrogens (tertiary/aromatic N) is 1. The lowest BCUT2D eigenvalue weighted by Crippen LogP contribution is -2.03. The third kappa shape index (κ3) is 3.58. The van der Waals surface area contributed by atoms with E-state index in [9.17, 15) is 9.59 Å². The van der Waals surface area contributed by atoms with Crippen molar-refractivity contribution in [3.05, 3.63) is 94.7 Å². The smallest absolute Gasteiger partial charge is 0.337 e. The molecule has 0 fully saturated rings. The second kappa shape index (κ2) is 8.00. The Balaban J connectivity index is 1.41. The van der Waals surface area contributed by atoms with Crippen LogP contribution in [-0.2, 0) is 9.53 Å². The molecule has 0 spiro atoms. The molecule has 1 aromatic heterocycles. The van der Waals surface area contributed by atoms with Crippen molar-refractivity contribution >= 4 is 52.3 Å². The van der Waals surface area contributed by atoms with Gasteiger partial charge >= 0.3 is 5.97 Å². The van der Waals surface area contributed by atoms with E-state index in [-0.39, 0.29) is 11.9 Å². The second-order valence-electron chi connectivity index (χ2n) is 7.42. The van der Waals surface area contributed by atoms with Crippen LogP contribution in [0.1, 0.15) is 32.7 Å². The zero-order chi connectivity index (χ0) is 22.1. The van der Waals surface area contributed by atoms with Gasteiger partial charge in [-0.25, -0.2) is 4.79 Å². The molecule has 4 aromatic rings. The van der Waals surface area contributed by atoms with E-state index in [1.54, 1.807) is 12.1 Å². The number of carbonyl (C=O) groups is 2. The van der Waals surface area contributed by atoms with Gasteiger partial charge in [0.1, 0.15) is 0 Å². The number of methoxy groups -OCH3 is 1. The maximum atomic E-state index is 12.4. The predicted molar refractivity (Wildman–Crippen MR) is 126 cm³/mol. The highest BCUT2D eigenvalue weighted by atomic mass is 16.5. The fourth-order valence-electron chi connectivity index (χ4n) is 3.75. The number of amides is 1. The lowest BCUT2D eigenvalue weighted by molar-refractivity contribution is -0.110. The van der Waals surface area contributed by atoms with Gasteiger partial charge in [-0.3, -0.25) is 9.89 Å². The third-order valence-electron chi connectivity index (χ3n) is 5.40. The molecular weight excluding hydrogens is 402 g/mol. The number of esters is 1. The molecule has 0 atom stereocenters. The number of benzene rings is 3. The molecule has 3 aromatic carbocycles. The van der Waals surface area contributed by atoms with Gasteiger partial charge in [-0.05, 0) is 53.6 Å². The first-order chi connectivity index (χ1) is 15.6. The van der Waals surface area contributed by atoms with Gasteiger partial charge in [-0.1, -0.05) is 42.5 Å². The molecule has 6 heteroatoms. The number of carbonyl (C=O) groups excluding carboxylic acids is 2. The Kier molecular flexibility index (Phi) is 4.88.